The Morgan fingerprint density at radius 2 is 1.65 bits per heavy atom. The molecule has 2 amide bonds. The van der Waals surface area contributed by atoms with Crippen LogP contribution in [0.2, 0.25) is 0 Å². The van der Waals surface area contributed by atoms with Crippen molar-refractivity contribution in [2.24, 2.45) is 0 Å². The summed E-state index contributed by atoms with van der Waals surface area (Å²) in [5, 5.41) is 3.12. The lowest BCUT2D eigenvalue weighted by molar-refractivity contribution is -0.128. The molecule has 26 heavy (non-hydrogen) atoms. The summed E-state index contributed by atoms with van der Waals surface area (Å²) in [6, 6.07) is 17.2. The molecule has 0 fully saturated rings. The van der Waals surface area contributed by atoms with Gasteiger partial charge >= 0.3 is 0 Å². The summed E-state index contributed by atoms with van der Waals surface area (Å²) >= 11 is 0. The number of hydrogen-bond donors (Lipinski definition) is 1. The number of benzene rings is 2. The number of amides is 2. The molecule has 0 saturated carbocycles. The lowest BCUT2D eigenvalue weighted by Crippen LogP contribution is -2.32. The summed E-state index contributed by atoms with van der Waals surface area (Å²) in [5.41, 5.74) is 2.49. The highest BCUT2D eigenvalue weighted by atomic mass is 16.2. The van der Waals surface area contributed by atoms with Crippen molar-refractivity contribution in [1.29, 1.82) is 0 Å². The largest absolute Gasteiger partial charge is 0.376 e. The zero-order chi connectivity index (χ0) is 18.9. The summed E-state index contributed by atoms with van der Waals surface area (Å²) in [6.45, 7) is 6.04. The van der Waals surface area contributed by atoms with Crippen LogP contribution in [0.5, 0.6) is 0 Å². The van der Waals surface area contributed by atoms with E-state index in [1.165, 1.54) is 0 Å². The Balaban J connectivity index is 1.93. The van der Waals surface area contributed by atoms with Crippen LogP contribution in [0.25, 0.3) is 0 Å². The molecule has 0 atom stereocenters. The van der Waals surface area contributed by atoms with Gasteiger partial charge in [-0.3, -0.25) is 9.59 Å². The van der Waals surface area contributed by atoms with E-state index < -0.39 is 0 Å². The minimum Gasteiger partial charge on any atom is -0.376 e. The smallest absolute Gasteiger partial charge is 0.253 e. The molecule has 2 aromatic rings. The summed E-state index contributed by atoms with van der Waals surface area (Å²) in [7, 11) is 1.79. The third-order valence-corrected chi connectivity index (χ3v) is 4.29. The second-order valence-electron chi connectivity index (χ2n) is 6.15. The van der Waals surface area contributed by atoms with Crippen LogP contribution in [0, 0.1) is 0 Å². The second-order valence-corrected chi connectivity index (χ2v) is 6.15. The molecular weight excluding hydrogens is 326 g/mol. The number of nitrogens with one attached hydrogen (secondary N) is 1. The van der Waals surface area contributed by atoms with Gasteiger partial charge in [0.25, 0.3) is 5.91 Å². The molecule has 0 saturated heterocycles. The van der Waals surface area contributed by atoms with Crippen molar-refractivity contribution in [2.45, 2.75) is 20.4 Å². The number of carbonyl (C=O) groups is 2. The van der Waals surface area contributed by atoms with E-state index in [-0.39, 0.29) is 18.4 Å². The van der Waals surface area contributed by atoms with Crippen molar-refractivity contribution in [3.63, 3.8) is 0 Å². The molecule has 5 heteroatoms. The van der Waals surface area contributed by atoms with Crippen molar-refractivity contribution < 1.29 is 9.59 Å². The van der Waals surface area contributed by atoms with E-state index in [9.17, 15) is 9.59 Å². The van der Waals surface area contributed by atoms with Crippen molar-refractivity contribution in [2.75, 3.05) is 32.0 Å². The van der Waals surface area contributed by atoms with Crippen molar-refractivity contribution in [3.05, 3.63) is 65.7 Å². The maximum atomic E-state index is 12.4. The third-order valence-electron chi connectivity index (χ3n) is 4.29. The van der Waals surface area contributed by atoms with Gasteiger partial charge in [0.1, 0.15) is 0 Å². The molecule has 0 heterocycles. The van der Waals surface area contributed by atoms with Crippen molar-refractivity contribution >= 4 is 17.5 Å². The van der Waals surface area contributed by atoms with Crippen LogP contribution in [0.4, 0.5) is 5.69 Å². The third kappa shape index (κ3) is 5.34. The summed E-state index contributed by atoms with van der Waals surface area (Å²) in [6.07, 6.45) is 0. The Morgan fingerprint density at radius 1 is 0.962 bits per heavy atom. The fourth-order valence-corrected chi connectivity index (χ4v) is 2.71. The van der Waals surface area contributed by atoms with Gasteiger partial charge in [-0.1, -0.05) is 36.4 Å². The number of rotatable bonds is 8. The number of carbonyl (C=O) groups excluding carboxylic acids is 2. The number of nitrogens with zero attached hydrogens (tertiary/aromatic N) is 2. The fourth-order valence-electron chi connectivity index (χ4n) is 2.71. The second kappa shape index (κ2) is 9.61. The van der Waals surface area contributed by atoms with Crippen LogP contribution in [0.15, 0.2) is 54.6 Å². The van der Waals surface area contributed by atoms with Gasteiger partial charge in [0.15, 0.2) is 0 Å². The van der Waals surface area contributed by atoms with E-state index in [1.54, 1.807) is 29.0 Å². The fraction of sp³-hybridized carbons (Fsp3) is 0.333. The average molecular weight is 353 g/mol. The molecule has 0 radical (unpaired) electrons. The first kappa shape index (κ1) is 19.5. The van der Waals surface area contributed by atoms with Crippen LogP contribution in [-0.2, 0) is 11.3 Å². The van der Waals surface area contributed by atoms with Crippen molar-refractivity contribution in [3.8, 4) is 0 Å². The van der Waals surface area contributed by atoms with Gasteiger partial charge in [0, 0.05) is 37.9 Å². The Hall–Kier alpha value is -2.82. The van der Waals surface area contributed by atoms with Gasteiger partial charge in [-0.15, -0.1) is 0 Å². The minimum absolute atomic E-state index is 0.00525. The van der Waals surface area contributed by atoms with Gasteiger partial charge < -0.3 is 15.1 Å². The van der Waals surface area contributed by atoms with Crippen LogP contribution < -0.4 is 5.32 Å². The van der Waals surface area contributed by atoms with Crippen LogP contribution in [-0.4, -0.2) is 48.3 Å². The Labute approximate surface area is 155 Å². The van der Waals surface area contributed by atoms with Crippen LogP contribution in [0.1, 0.15) is 29.8 Å². The standard InChI is InChI=1S/C21H27N3O2/c1-4-24(5-2)21(26)18-12-9-13-19(14-18)22-15-20(25)23(3)16-17-10-7-6-8-11-17/h6-14,22H,4-5,15-16H2,1-3H3. The lowest BCUT2D eigenvalue weighted by Gasteiger charge is -2.20. The number of hydrogen-bond acceptors (Lipinski definition) is 3. The molecule has 0 spiro atoms. The zero-order valence-corrected chi connectivity index (χ0v) is 15.7. The Bertz CT molecular complexity index is 727. The van der Waals surface area contributed by atoms with Crippen LogP contribution in [0.3, 0.4) is 0 Å². The molecular formula is C21H27N3O2. The highest BCUT2D eigenvalue weighted by Gasteiger charge is 2.13. The number of anilines is 1. The molecule has 1 N–H and O–H groups in total. The molecule has 2 rings (SSSR count). The minimum atomic E-state index is -0.00525. The molecule has 0 bridgehead atoms. The first-order chi connectivity index (χ1) is 12.5. The van der Waals surface area contributed by atoms with Gasteiger partial charge in [0.2, 0.25) is 5.91 Å². The van der Waals surface area contributed by atoms with Crippen LogP contribution >= 0.6 is 0 Å². The Morgan fingerprint density at radius 3 is 2.31 bits per heavy atom. The predicted molar refractivity (Wildman–Crippen MR) is 105 cm³/mol. The van der Waals surface area contributed by atoms with Gasteiger partial charge in [-0.05, 0) is 37.6 Å². The summed E-state index contributed by atoms with van der Waals surface area (Å²) < 4.78 is 0. The number of likely N-dealkylation sites (N-methyl/N-ethyl adjacent to an activating group) is 1. The summed E-state index contributed by atoms with van der Waals surface area (Å²) in [5.74, 6) is 0.000461. The van der Waals surface area contributed by atoms with E-state index in [2.05, 4.69) is 5.32 Å². The monoisotopic (exact) mass is 353 g/mol. The van der Waals surface area contributed by atoms with E-state index in [0.717, 1.165) is 11.3 Å². The average Bonchev–Trinajstić information content (AvgIpc) is 2.68. The molecule has 0 aliphatic heterocycles. The van der Waals surface area contributed by atoms with Crippen molar-refractivity contribution in [1.82, 2.24) is 9.80 Å². The molecule has 0 unspecified atom stereocenters. The first-order valence-electron chi connectivity index (χ1n) is 8.96. The quantitative estimate of drug-likeness (QED) is 0.793. The maximum absolute atomic E-state index is 12.4. The molecule has 0 aromatic heterocycles. The highest BCUT2D eigenvalue weighted by Crippen LogP contribution is 2.13. The molecule has 0 aliphatic rings. The topological polar surface area (TPSA) is 52.7 Å². The van der Waals surface area contributed by atoms with E-state index >= 15 is 0 Å². The normalized spacial score (nSPS) is 10.3. The predicted octanol–water partition coefficient (Wildman–Crippen LogP) is 3.24. The van der Waals surface area contributed by atoms with E-state index in [0.29, 0.717) is 25.2 Å². The van der Waals surface area contributed by atoms with E-state index in [4.69, 9.17) is 0 Å². The van der Waals surface area contributed by atoms with Gasteiger partial charge in [-0.2, -0.15) is 0 Å². The van der Waals surface area contributed by atoms with Gasteiger partial charge in [-0.25, -0.2) is 0 Å². The molecule has 138 valence electrons. The Kier molecular flexibility index (Phi) is 7.21. The molecule has 5 nitrogen and oxygen atoms in total. The van der Waals surface area contributed by atoms with E-state index in [1.807, 2.05) is 56.3 Å². The molecule has 2 aromatic carbocycles. The maximum Gasteiger partial charge on any atom is 0.253 e. The summed E-state index contributed by atoms with van der Waals surface area (Å²) in [4.78, 5) is 28.2. The first-order valence-corrected chi connectivity index (χ1v) is 8.96. The lowest BCUT2D eigenvalue weighted by atomic mass is 10.1. The molecule has 0 aliphatic carbocycles. The highest BCUT2D eigenvalue weighted by molar-refractivity contribution is 5.95. The van der Waals surface area contributed by atoms with Gasteiger partial charge in [0.05, 0.1) is 6.54 Å². The zero-order valence-electron chi connectivity index (χ0n) is 15.7. The SMILES string of the molecule is CCN(CC)C(=O)c1cccc(NCC(=O)N(C)Cc2ccccc2)c1.